The topological polar surface area (TPSA) is 26.3 Å². The molecule has 1 rings (SSSR count). The average molecular weight is 224 g/mol. The van der Waals surface area contributed by atoms with Gasteiger partial charge >= 0.3 is 6.18 Å². The zero-order chi connectivity index (χ0) is 11.5. The first-order valence-corrected chi connectivity index (χ1v) is 5.06. The number of methoxy groups -OCH3 is 1. The first kappa shape index (κ1) is 12.5. The van der Waals surface area contributed by atoms with Gasteiger partial charge in [0.2, 0.25) is 0 Å². The van der Waals surface area contributed by atoms with Crippen molar-refractivity contribution in [3.63, 3.8) is 0 Å². The van der Waals surface area contributed by atoms with Gasteiger partial charge in [0.25, 0.3) is 0 Å². The summed E-state index contributed by atoms with van der Waals surface area (Å²) in [7, 11) is 1.44. The molecule has 0 saturated heterocycles. The summed E-state index contributed by atoms with van der Waals surface area (Å²) in [6.07, 6.45) is -3.79. The lowest BCUT2D eigenvalue weighted by atomic mass is 10.1. The number of carbonyl (C=O) groups excluding carboxylic acids is 1. The maximum absolute atomic E-state index is 11.8. The van der Waals surface area contributed by atoms with Gasteiger partial charge in [0, 0.05) is 20.0 Å². The minimum absolute atomic E-state index is 0.0332. The molecule has 1 fully saturated rings. The molecule has 2 nitrogen and oxygen atoms in total. The van der Waals surface area contributed by atoms with Crippen molar-refractivity contribution in [1.29, 1.82) is 0 Å². The summed E-state index contributed by atoms with van der Waals surface area (Å²) in [5.41, 5.74) is 0. The van der Waals surface area contributed by atoms with Crippen LogP contribution in [0.4, 0.5) is 13.2 Å². The highest BCUT2D eigenvalue weighted by atomic mass is 19.4. The van der Waals surface area contributed by atoms with Gasteiger partial charge in [-0.05, 0) is 25.2 Å². The minimum atomic E-state index is -4.16. The van der Waals surface area contributed by atoms with Crippen molar-refractivity contribution >= 4 is 5.78 Å². The van der Waals surface area contributed by atoms with Crippen molar-refractivity contribution in [1.82, 2.24) is 0 Å². The van der Waals surface area contributed by atoms with E-state index in [0.717, 1.165) is 12.8 Å². The van der Waals surface area contributed by atoms with Crippen molar-refractivity contribution in [2.24, 2.45) is 5.92 Å². The lowest BCUT2D eigenvalue weighted by Crippen LogP contribution is -2.25. The van der Waals surface area contributed by atoms with Crippen molar-refractivity contribution < 1.29 is 22.7 Å². The van der Waals surface area contributed by atoms with Gasteiger partial charge in [0.1, 0.15) is 6.10 Å². The van der Waals surface area contributed by atoms with Gasteiger partial charge in [-0.3, -0.25) is 4.79 Å². The van der Waals surface area contributed by atoms with Crippen LogP contribution in [0, 0.1) is 5.92 Å². The number of carbonyl (C=O) groups is 1. The highest BCUT2D eigenvalue weighted by Crippen LogP contribution is 2.35. The SMILES string of the molecule is COC(C(=O)CCCC(F)(F)F)C1CC1. The van der Waals surface area contributed by atoms with Gasteiger partial charge in [-0.15, -0.1) is 0 Å². The first-order chi connectivity index (χ1) is 6.94. The van der Waals surface area contributed by atoms with Crippen molar-refractivity contribution in [2.45, 2.75) is 44.4 Å². The molecule has 0 spiro atoms. The molecule has 0 aromatic carbocycles. The van der Waals surface area contributed by atoms with Crippen LogP contribution in [0.2, 0.25) is 0 Å². The summed E-state index contributed by atoms with van der Waals surface area (Å²) in [6.45, 7) is 0. The van der Waals surface area contributed by atoms with Gasteiger partial charge in [-0.2, -0.15) is 13.2 Å². The van der Waals surface area contributed by atoms with E-state index in [0.29, 0.717) is 0 Å². The second kappa shape index (κ2) is 4.96. The van der Waals surface area contributed by atoms with Crippen LogP contribution < -0.4 is 0 Å². The molecule has 1 saturated carbocycles. The van der Waals surface area contributed by atoms with Crippen LogP contribution in [0.1, 0.15) is 32.1 Å². The van der Waals surface area contributed by atoms with E-state index in [-0.39, 0.29) is 24.5 Å². The Bertz CT molecular complexity index is 221. The molecular weight excluding hydrogens is 209 g/mol. The maximum Gasteiger partial charge on any atom is 0.389 e. The second-order valence-electron chi connectivity index (χ2n) is 3.93. The Labute approximate surface area is 86.8 Å². The Hall–Kier alpha value is -0.580. The van der Waals surface area contributed by atoms with Gasteiger partial charge in [-0.1, -0.05) is 0 Å². The molecule has 0 bridgehead atoms. The summed E-state index contributed by atoms with van der Waals surface area (Å²) in [5, 5.41) is 0. The fourth-order valence-electron chi connectivity index (χ4n) is 1.59. The Kier molecular flexibility index (Phi) is 4.13. The van der Waals surface area contributed by atoms with E-state index >= 15 is 0 Å². The van der Waals surface area contributed by atoms with Gasteiger partial charge in [0.15, 0.2) is 5.78 Å². The van der Waals surface area contributed by atoms with E-state index in [9.17, 15) is 18.0 Å². The Morgan fingerprint density at radius 3 is 2.47 bits per heavy atom. The average Bonchev–Trinajstić information content (AvgIpc) is 2.87. The van der Waals surface area contributed by atoms with Crippen LogP contribution in [0.15, 0.2) is 0 Å². The van der Waals surface area contributed by atoms with Crippen molar-refractivity contribution in [3.05, 3.63) is 0 Å². The summed E-state index contributed by atoms with van der Waals surface area (Å²) in [4.78, 5) is 11.4. The standard InChI is InChI=1S/C10H15F3O2/c1-15-9(7-4-5-7)8(14)3-2-6-10(11,12)13/h7,9H,2-6H2,1H3. The number of hydrogen-bond acceptors (Lipinski definition) is 2. The molecule has 0 aromatic rings. The number of alkyl halides is 3. The van der Waals surface area contributed by atoms with Crippen LogP contribution in [-0.4, -0.2) is 25.2 Å². The third kappa shape index (κ3) is 4.64. The molecule has 15 heavy (non-hydrogen) atoms. The van der Waals surface area contributed by atoms with E-state index in [2.05, 4.69) is 0 Å². The van der Waals surface area contributed by atoms with Gasteiger partial charge in [0.05, 0.1) is 0 Å². The van der Waals surface area contributed by atoms with Crippen LogP contribution >= 0.6 is 0 Å². The molecule has 1 aliphatic rings. The van der Waals surface area contributed by atoms with E-state index in [4.69, 9.17) is 4.74 Å². The summed E-state index contributed by atoms with van der Waals surface area (Å²) in [6, 6.07) is 0. The maximum atomic E-state index is 11.8. The molecule has 0 radical (unpaired) electrons. The molecule has 1 atom stereocenters. The third-order valence-corrected chi connectivity index (χ3v) is 2.50. The van der Waals surface area contributed by atoms with E-state index in [1.807, 2.05) is 0 Å². The zero-order valence-electron chi connectivity index (χ0n) is 8.64. The monoisotopic (exact) mass is 224 g/mol. The molecule has 1 unspecified atom stereocenters. The van der Waals surface area contributed by atoms with E-state index in [1.165, 1.54) is 7.11 Å². The van der Waals surface area contributed by atoms with Gasteiger partial charge < -0.3 is 4.74 Å². The molecule has 1 aliphatic carbocycles. The largest absolute Gasteiger partial charge is 0.389 e. The van der Waals surface area contributed by atoms with E-state index < -0.39 is 18.7 Å². The lowest BCUT2D eigenvalue weighted by molar-refractivity contribution is -0.139. The number of Topliss-reactive ketones (excluding diaryl/α,β-unsaturated/α-hetero) is 1. The second-order valence-corrected chi connectivity index (χ2v) is 3.93. The molecule has 0 aliphatic heterocycles. The number of ether oxygens (including phenoxy) is 1. The normalized spacial score (nSPS) is 18.9. The van der Waals surface area contributed by atoms with Crippen molar-refractivity contribution in [2.75, 3.05) is 7.11 Å². The molecule has 0 amide bonds. The minimum Gasteiger partial charge on any atom is -0.373 e. The smallest absolute Gasteiger partial charge is 0.373 e. The number of halogens is 3. The first-order valence-electron chi connectivity index (χ1n) is 5.06. The quantitative estimate of drug-likeness (QED) is 0.693. The van der Waals surface area contributed by atoms with Crippen LogP contribution in [0.25, 0.3) is 0 Å². The molecule has 0 aromatic heterocycles. The summed E-state index contributed by atoms with van der Waals surface area (Å²) >= 11 is 0. The van der Waals surface area contributed by atoms with Crippen LogP contribution in [0.5, 0.6) is 0 Å². The fraction of sp³-hybridized carbons (Fsp3) is 0.900. The highest BCUT2D eigenvalue weighted by molar-refractivity contribution is 5.83. The Balaban J connectivity index is 2.22. The lowest BCUT2D eigenvalue weighted by Gasteiger charge is -2.13. The molecule has 88 valence electrons. The van der Waals surface area contributed by atoms with Crippen LogP contribution in [0.3, 0.4) is 0 Å². The van der Waals surface area contributed by atoms with E-state index in [1.54, 1.807) is 0 Å². The van der Waals surface area contributed by atoms with Crippen molar-refractivity contribution in [3.8, 4) is 0 Å². The molecule has 0 N–H and O–H groups in total. The molecule has 0 heterocycles. The van der Waals surface area contributed by atoms with Crippen LogP contribution in [-0.2, 0) is 9.53 Å². The summed E-state index contributed by atoms with van der Waals surface area (Å²) in [5.74, 6) is 0.0534. The number of hydrogen-bond donors (Lipinski definition) is 0. The molecule has 5 heteroatoms. The Morgan fingerprint density at radius 2 is 2.07 bits per heavy atom. The summed E-state index contributed by atoms with van der Waals surface area (Å²) < 4.78 is 40.4. The third-order valence-electron chi connectivity index (χ3n) is 2.50. The number of ketones is 1. The Morgan fingerprint density at radius 1 is 1.47 bits per heavy atom. The predicted octanol–water partition coefficient (Wildman–Crippen LogP) is 2.71. The predicted molar refractivity (Wildman–Crippen MR) is 48.4 cm³/mol. The molecular formula is C10H15F3O2. The zero-order valence-corrected chi connectivity index (χ0v) is 8.64. The highest BCUT2D eigenvalue weighted by Gasteiger charge is 2.36. The fourth-order valence-corrected chi connectivity index (χ4v) is 1.59. The van der Waals surface area contributed by atoms with Gasteiger partial charge in [-0.25, -0.2) is 0 Å². The number of rotatable bonds is 6.